The van der Waals surface area contributed by atoms with Crippen molar-refractivity contribution in [2.45, 2.75) is 12.5 Å². The number of nitrogens with zero attached hydrogens (tertiary/aromatic N) is 1. The molecule has 1 aromatic carbocycles. The first-order valence-electron chi connectivity index (χ1n) is 5.32. The van der Waals surface area contributed by atoms with E-state index in [0.29, 0.717) is 4.47 Å². The fourth-order valence-corrected chi connectivity index (χ4v) is 2.17. The highest BCUT2D eigenvalue weighted by atomic mass is 79.9. The molecule has 0 radical (unpaired) electrons. The maximum Gasteiger partial charge on any atom is 0.149 e. The van der Waals surface area contributed by atoms with Crippen LogP contribution in [-0.2, 0) is 5.60 Å². The Balaban J connectivity index is 2.56. The average Bonchev–Trinajstić information content (AvgIpc) is 2.36. The molecule has 2 rings (SSSR count). The standard InChI is InChI=1S/C13H9BrClF2NO/c1-13(19,10-5-2-7(16)6-18-10)8-3-4-9(14)11(15)12(8)17/h2-6,19H,1H3. The molecule has 19 heavy (non-hydrogen) atoms. The number of hydrogen-bond donors (Lipinski definition) is 1. The van der Waals surface area contributed by atoms with Crippen LogP contribution in [0.2, 0.25) is 5.02 Å². The normalized spacial score (nSPS) is 14.2. The fraction of sp³-hybridized carbons (Fsp3) is 0.154. The van der Waals surface area contributed by atoms with Gasteiger partial charge < -0.3 is 5.11 Å². The van der Waals surface area contributed by atoms with Gasteiger partial charge >= 0.3 is 0 Å². The van der Waals surface area contributed by atoms with Crippen LogP contribution in [0.4, 0.5) is 8.78 Å². The van der Waals surface area contributed by atoms with Gasteiger partial charge in [0.05, 0.1) is 16.9 Å². The zero-order valence-electron chi connectivity index (χ0n) is 9.79. The van der Waals surface area contributed by atoms with Crippen LogP contribution in [0.25, 0.3) is 0 Å². The van der Waals surface area contributed by atoms with Crippen LogP contribution in [0.3, 0.4) is 0 Å². The number of halogens is 4. The molecule has 0 aliphatic carbocycles. The van der Waals surface area contributed by atoms with Gasteiger partial charge in [0.15, 0.2) is 0 Å². The molecular weight excluding hydrogens is 340 g/mol. The minimum atomic E-state index is -1.71. The zero-order chi connectivity index (χ0) is 14.2. The van der Waals surface area contributed by atoms with Crippen LogP contribution in [0.15, 0.2) is 34.9 Å². The molecule has 100 valence electrons. The summed E-state index contributed by atoms with van der Waals surface area (Å²) in [7, 11) is 0. The van der Waals surface area contributed by atoms with Crippen molar-refractivity contribution in [3.63, 3.8) is 0 Å². The summed E-state index contributed by atoms with van der Waals surface area (Å²) in [5.41, 5.74) is -1.60. The van der Waals surface area contributed by atoms with E-state index < -0.39 is 17.2 Å². The molecule has 0 amide bonds. The first-order chi connectivity index (χ1) is 8.84. The lowest BCUT2D eigenvalue weighted by Crippen LogP contribution is -2.25. The topological polar surface area (TPSA) is 33.1 Å². The molecule has 6 heteroatoms. The lowest BCUT2D eigenvalue weighted by Gasteiger charge is -2.24. The highest BCUT2D eigenvalue weighted by Crippen LogP contribution is 2.35. The number of hydrogen-bond acceptors (Lipinski definition) is 2. The van der Waals surface area contributed by atoms with Crippen molar-refractivity contribution in [2.24, 2.45) is 0 Å². The van der Waals surface area contributed by atoms with Crippen LogP contribution >= 0.6 is 27.5 Å². The third-order valence-electron chi connectivity index (χ3n) is 2.79. The maximum atomic E-state index is 14.1. The monoisotopic (exact) mass is 347 g/mol. The third-order valence-corrected chi connectivity index (χ3v) is 4.04. The van der Waals surface area contributed by atoms with Gasteiger partial charge in [-0.1, -0.05) is 17.7 Å². The lowest BCUT2D eigenvalue weighted by molar-refractivity contribution is 0.0930. The Kier molecular flexibility index (Phi) is 3.90. The highest BCUT2D eigenvalue weighted by molar-refractivity contribution is 9.10. The van der Waals surface area contributed by atoms with Gasteiger partial charge in [-0.3, -0.25) is 4.98 Å². The highest BCUT2D eigenvalue weighted by Gasteiger charge is 2.31. The molecule has 1 aromatic heterocycles. The molecule has 0 saturated heterocycles. The quantitative estimate of drug-likeness (QED) is 0.831. The molecule has 1 atom stereocenters. The molecule has 0 aliphatic heterocycles. The van der Waals surface area contributed by atoms with Gasteiger partial charge in [0, 0.05) is 10.0 Å². The molecule has 0 spiro atoms. The molecule has 0 fully saturated rings. The van der Waals surface area contributed by atoms with E-state index in [2.05, 4.69) is 20.9 Å². The predicted molar refractivity (Wildman–Crippen MR) is 72.0 cm³/mol. The van der Waals surface area contributed by atoms with Crippen molar-refractivity contribution in [2.75, 3.05) is 0 Å². The van der Waals surface area contributed by atoms with E-state index in [9.17, 15) is 13.9 Å². The SMILES string of the molecule is CC(O)(c1ccc(F)cn1)c1ccc(Br)c(Cl)c1F. The minimum Gasteiger partial charge on any atom is -0.379 e. The summed E-state index contributed by atoms with van der Waals surface area (Å²) in [5.74, 6) is -1.28. The average molecular weight is 349 g/mol. The lowest BCUT2D eigenvalue weighted by atomic mass is 9.91. The van der Waals surface area contributed by atoms with Crippen LogP contribution in [0.5, 0.6) is 0 Å². The van der Waals surface area contributed by atoms with Crippen LogP contribution in [-0.4, -0.2) is 10.1 Å². The van der Waals surface area contributed by atoms with Crippen molar-refractivity contribution < 1.29 is 13.9 Å². The first kappa shape index (κ1) is 14.4. The smallest absolute Gasteiger partial charge is 0.149 e. The Morgan fingerprint density at radius 1 is 1.26 bits per heavy atom. The first-order valence-corrected chi connectivity index (χ1v) is 6.49. The van der Waals surface area contributed by atoms with Gasteiger partial charge in [-0.05, 0) is 41.1 Å². The van der Waals surface area contributed by atoms with Crippen molar-refractivity contribution in [1.82, 2.24) is 4.98 Å². The Morgan fingerprint density at radius 2 is 1.95 bits per heavy atom. The number of pyridine rings is 1. The van der Waals surface area contributed by atoms with Gasteiger partial charge in [-0.2, -0.15) is 0 Å². The Morgan fingerprint density at radius 3 is 2.53 bits per heavy atom. The van der Waals surface area contributed by atoms with Crippen LogP contribution < -0.4 is 0 Å². The molecular formula is C13H9BrClF2NO. The van der Waals surface area contributed by atoms with Gasteiger partial charge in [0.1, 0.15) is 17.2 Å². The summed E-state index contributed by atoms with van der Waals surface area (Å²) in [5, 5.41) is 10.3. The van der Waals surface area contributed by atoms with E-state index in [-0.39, 0.29) is 16.3 Å². The van der Waals surface area contributed by atoms with Gasteiger partial charge in [-0.15, -0.1) is 0 Å². The predicted octanol–water partition coefficient (Wildman–Crippen LogP) is 4.03. The van der Waals surface area contributed by atoms with Crippen LogP contribution in [0, 0.1) is 11.6 Å². The summed E-state index contributed by atoms with van der Waals surface area (Å²) >= 11 is 8.88. The van der Waals surface area contributed by atoms with E-state index >= 15 is 0 Å². The Hall–Kier alpha value is -1.04. The summed E-state index contributed by atoms with van der Waals surface area (Å²) in [4.78, 5) is 3.77. The largest absolute Gasteiger partial charge is 0.379 e. The molecule has 0 aliphatic rings. The number of aliphatic hydroxyl groups is 1. The van der Waals surface area contributed by atoms with Crippen molar-refractivity contribution in [1.29, 1.82) is 0 Å². The fourth-order valence-electron chi connectivity index (χ4n) is 1.70. The second kappa shape index (κ2) is 5.15. The Labute approximate surface area is 122 Å². The summed E-state index contributed by atoms with van der Waals surface area (Å²) in [6.07, 6.45) is 0.960. The van der Waals surface area contributed by atoms with Crippen molar-refractivity contribution >= 4 is 27.5 Å². The van der Waals surface area contributed by atoms with Gasteiger partial charge in [0.2, 0.25) is 0 Å². The van der Waals surface area contributed by atoms with E-state index in [1.54, 1.807) is 0 Å². The summed E-state index contributed by atoms with van der Waals surface area (Å²) in [6.45, 7) is 1.37. The Bertz CT molecular complexity index is 617. The van der Waals surface area contributed by atoms with Gasteiger partial charge in [-0.25, -0.2) is 8.78 Å². The summed E-state index contributed by atoms with van der Waals surface area (Å²) in [6, 6.07) is 5.37. The number of aromatic nitrogens is 1. The van der Waals surface area contributed by atoms with Crippen molar-refractivity contribution in [3.05, 3.63) is 62.8 Å². The minimum absolute atomic E-state index is 0.0280. The maximum absolute atomic E-state index is 14.1. The summed E-state index contributed by atoms with van der Waals surface area (Å²) < 4.78 is 27.3. The van der Waals surface area contributed by atoms with Crippen LogP contribution in [0.1, 0.15) is 18.2 Å². The second-order valence-corrected chi connectivity index (χ2v) is 5.39. The van der Waals surface area contributed by atoms with E-state index in [0.717, 1.165) is 12.3 Å². The molecule has 0 bridgehead atoms. The van der Waals surface area contributed by atoms with Crippen molar-refractivity contribution in [3.8, 4) is 0 Å². The van der Waals surface area contributed by atoms with E-state index in [4.69, 9.17) is 11.6 Å². The molecule has 1 heterocycles. The second-order valence-electron chi connectivity index (χ2n) is 4.16. The van der Waals surface area contributed by atoms with E-state index in [1.807, 2.05) is 0 Å². The molecule has 2 aromatic rings. The molecule has 1 N–H and O–H groups in total. The third kappa shape index (κ3) is 2.63. The van der Waals surface area contributed by atoms with Gasteiger partial charge in [0.25, 0.3) is 0 Å². The zero-order valence-corrected chi connectivity index (χ0v) is 12.1. The number of rotatable bonds is 2. The molecule has 1 unspecified atom stereocenters. The molecule has 2 nitrogen and oxygen atoms in total. The van der Waals surface area contributed by atoms with E-state index in [1.165, 1.54) is 25.1 Å². The molecule has 0 saturated carbocycles. The number of benzene rings is 1.